The van der Waals surface area contributed by atoms with Gasteiger partial charge >= 0.3 is 11.7 Å². The maximum absolute atomic E-state index is 12.8. The SMILES string of the molecule is COC(=O)[C@H](C)n1nc2c(S(=O)(=O)N3CCCC3)cccn2c1=O. The predicted molar refractivity (Wildman–Crippen MR) is 84.2 cm³/mol. The lowest BCUT2D eigenvalue weighted by molar-refractivity contribution is -0.144. The molecule has 2 aromatic heterocycles. The molecule has 24 heavy (non-hydrogen) atoms. The summed E-state index contributed by atoms with van der Waals surface area (Å²) in [6.07, 6.45) is 3.04. The van der Waals surface area contributed by atoms with Crippen LogP contribution < -0.4 is 5.69 Å². The highest BCUT2D eigenvalue weighted by Crippen LogP contribution is 2.23. The Kier molecular flexibility index (Phi) is 4.18. The minimum atomic E-state index is -3.74. The van der Waals surface area contributed by atoms with E-state index in [0.29, 0.717) is 13.1 Å². The molecule has 1 saturated heterocycles. The molecule has 0 aromatic carbocycles. The smallest absolute Gasteiger partial charge is 0.351 e. The Hall–Kier alpha value is -2.20. The topological polar surface area (TPSA) is 103 Å². The average molecular weight is 354 g/mol. The molecule has 0 bridgehead atoms. The van der Waals surface area contributed by atoms with Gasteiger partial charge < -0.3 is 4.74 Å². The van der Waals surface area contributed by atoms with Crippen molar-refractivity contribution in [3.8, 4) is 0 Å². The minimum absolute atomic E-state index is 0.00477. The van der Waals surface area contributed by atoms with E-state index in [1.807, 2.05) is 0 Å². The van der Waals surface area contributed by atoms with Gasteiger partial charge in [-0.25, -0.2) is 22.4 Å². The summed E-state index contributed by atoms with van der Waals surface area (Å²) < 4.78 is 33.7. The fourth-order valence-corrected chi connectivity index (χ4v) is 4.42. The summed E-state index contributed by atoms with van der Waals surface area (Å²) in [5, 5.41) is 4.08. The number of pyridine rings is 1. The van der Waals surface area contributed by atoms with Crippen molar-refractivity contribution in [2.24, 2.45) is 0 Å². The molecule has 2 aromatic rings. The van der Waals surface area contributed by atoms with Crippen molar-refractivity contribution in [1.82, 2.24) is 18.5 Å². The van der Waals surface area contributed by atoms with E-state index >= 15 is 0 Å². The summed E-state index contributed by atoms with van der Waals surface area (Å²) in [5.41, 5.74) is -0.591. The van der Waals surface area contributed by atoms with Crippen molar-refractivity contribution >= 4 is 21.6 Å². The molecule has 3 rings (SSSR count). The number of aromatic nitrogens is 3. The van der Waals surface area contributed by atoms with E-state index < -0.39 is 27.7 Å². The highest BCUT2D eigenvalue weighted by molar-refractivity contribution is 7.89. The van der Waals surface area contributed by atoms with E-state index in [9.17, 15) is 18.0 Å². The Balaban J connectivity index is 2.18. The first-order chi connectivity index (χ1) is 11.4. The molecule has 3 heterocycles. The third-order valence-corrected chi connectivity index (χ3v) is 6.05. The van der Waals surface area contributed by atoms with E-state index in [-0.39, 0.29) is 10.5 Å². The lowest BCUT2D eigenvalue weighted by Crippen LogP contribution is -2.29. The molecule has 0 N–H and O–H groups in total. The van der Waals surface area contributed by atoms with Gasteiger partial charge in [0, 0.05) is 19.3 Å². The predicted octanol–water partition coefficient (Wildman–Crippen LogP) is 0.0145. The molecule has 0 aliphatic carbocycles. The van der Waals surface area contributed by atoms with Crippen LogP contribution in [-0.2, 0) is 19.6 Å². The standard InChI is InChI=1S/C14H18N4O5S/c1-10(13(19)23-2)18-14(20)17-9-5-6-11(12(17)15-18)24(21,22)16-7-3-4-8-16/h5-6,9-10H,3-4,7-8H2,1-2H3/t10-/m0/s1. The van der Waals surface area contributed by atoms with E-state index in [0.717, 1.165) is 21.9 Å². The Labute approximate surface area is 138 Å². The average Bonchev–Trinajstić information content (AvgIpc) is 3.22. The molecule has 1 aliphatic heterocycles. The Morgan fingerprint density at radius 3 is 2.62 bits per heavy atom. The van der Waals surface area contributed by atoms with Crippen LogP contribution in [0.4, 0.5) is 0 Å². The number of fused-ring (bicyclic) bond motifs is 1. The summed E-state index contributed by atoms with van der Waals surface area (Å²) >= 11 is 0. The first kappa shape index (κ1) is 16.7. The number of esters is 1. The normalized spacial score (nSPS) is 17.2. The lowest BCUT2D eigenvalue weighted by atomic mass is 10.3. The molecule has 0 amide bonds. The third-order valence-electron chi connectivity index (χ3n) is 4.13. The Bertz CT molecular complexity index is 940. The highest BCUT2D eigenvalue weighted by Gasteiger charge is 2.31. The summed E-state index contributed by atoms with van der Waals surface area (Å²) in [4.78, 5) is 24.1. The largest absolute Gasteiger partial charge is 0.467 e. The van der Waals surface area contributed by atoms with Crippen LogP contribution in [0.15, 0.2) is 28.0 Å². The monoisotopic (exact) mass is 354 g/mol. The molecular weight excluding hydrogens is 336 g/mol. The zero-order valence-corrected chi connectivity index (χ0v) is 14.2. The van der Waals surface area contributed by atoms with Crippen molar-refractivity contribution < 1.29 is 17.9 Å². The van der Waals surface area contributed by atoms with E-state index in [4.69, 9.17) is 0 Å². The van der Waals surface area contributed by atoms with Crippen molar-refractivity contribution in [2.75, 3.05) is 20.2 Å². The van der Waals surface area contributed by atoms with Gasteiger partial charge in [-0.1, -0.05) is 0 Å². The summed E-state index contributed by atoms with van der Waals surface area (Å²) in [6.45, 7) is 2.37. The first-order valence-corrected chi connectivity index (χ1v) is 9.00. The van der Waals surface area contributed by atoms with Crippen LogP contribution in [0.2, 0.25) is 0 Å². The Morgan fingerprint density at radius 1 is 1.33 bits per heavy atom. The van der Waals surface area contributed by atoms with Gasteiger partial charge in [-0.05, 0) is 31.9 Å². The second kappa shape index (κ2) is 6.02. The second-order valence-electron chi connectivity index (χ2n) is 5.60. The zero-order chi connectivity index (χ0) is 17.5. The lowest BCUT2D eigenvalue weighted by Gasteiger charge is -2.15. The molecular formula is C14H18N4O5S. The number of carbonyl (C=O) groups excluding carboxylic acids is 1. The fraction of sp³-hybridized carbons (Fsp3) is 0.500. The third kappa shape index (κ3) is 2.51. The van der Waals surface area contributed by atoms with Crippen LogP contribution in [0.5, 0.6) is 0 Å². The molecule has 0 spiro atoms. The zero-order valence-electron chi connectivity index (χ0n) is 13.4. The van der Waals surface area contributed by atoms with Crippen LogP contribution in [0.3, 0.4) is 0 Å². The van der Waals surface area contributed by atoms with Gasteiger partial charge in [0.1, 0.15) is 4.90 Å². The maximum Gasteiger partial charge on any atom is 0.351 e. The molecule has 0 saturated carbocycles. The van der Waals surface area contributed by atoms with Gasteiger partial charge in [-0.2, -0.15) is 8.99 Å². The van der Waals surface area contributed by atoms with Crippen LogP contribution in [0.1, 0.15) is 25.8 Å². The van der Waals surface area contributed by atoms with Gasteiger partial charge in [0.15, 0.2) is 11.7 Å². The number of hydrogen-bond donors (Lipinski definition) is 0. The molecule has 10 heteroatoms. The molecule has 0 unspecified atom stereocenters. The van der Waals surface area contributed by atoms with Crippen LogP contribution in [0.25, 0.3) is 5.65 Å². The molecule has 130 valence electrons. The number of sulfonamides is 1. The Morgan fingerprint density at radius 2 is 2.00 bits per heavy atom. The van der Waals surface area contributed by atoms with E-state index in [1.165, 1.54) is 36.7 Å². The van der Waals surface area contributed by atoms with Gasteiger partial charge in [-0.15, -0.1) is 5.10 Å². The van der Waals surface area contributed by atoms with E-state index in [2.05, 4.69) is 9.84 Å². The van der Waals surface area contributed by atoms with Crippen molar-refractivity contribution in [3.05, 3.63) is 28.8 Å². The van der Waals surface area contributed by atoms with Gasteiger partial charge in [0.25, 0.3) is 0 Å². The minimum Gasteiger partial charge on any atom is -0.467 e. The first-order valence-electron chi connectivity index (χ1n) is 7.56. The van der Waals surface area contributed by atoms with Crippen LogP contribution >= 0.6 is 0 Å². The number of methoxy groups -OCH3 is 1. The van der Waals surface area contributed by atoms with Crippen molar-refractivity contribution in [2.45, 2.75) is 30.7 Å². The number of nitrogens with zero attached hydrogens (tertiary/aromatic N) is 4. The number of rotatable bonds is 4. The maximum atomic E-state index is 12.8. The fourth-order valence-electron chi connectivity index (χ4n) is 2.78. The molecule has 0 radical (unpaired) electrons. The molecule has 1 aliphatic rings. The summed E-state index contributed by atoms with van der Waals surface area (Å²) in [5.74, 6) is -0.635. The summed E-state index contributed by atoms with van der Waals surface area (Å²) in [6, 6.07) is 1.94. The molecule has 1 atom stereocenters. The number of carbonyl (C=O) groups is 1. The molecule has 9 nitrogen and oxygen atoms in total. The van der Waals surface area contributed by atoms with Gasteiger partial charge in [-0.3, -0.25) is 0 Å². The quantitative estimate of drug-likeness (QED) is 0.717. The summed E-state index contributed by atoms with van der Waals surface area (Å²) in [7, 11) is -2.53. The van der Waals surface area contributed by atoms with Crippen LogP contribution in [-0.4, -0.2) is 53.1 Å². The van der Waals surface area contributed by atoms with E-state index in [1.54, 1.807) is 0 Å². The number of ether oxygens (including phenoxy) is 1. The van der Waals surface area contributed by atoms with Gasteiger partial charge in [0.05, 0.1) is 7.11 Å². The van der Waals surface area contributed by atoms with Crippen molar-refractivity contribution in [1.29, 1.82) is 0 Å². The molecule has 1 fully saturated rings. The highest BCUT2D eigenvalue weighted by atomic mass is 32.2. The van der Waals surface area contributed by atoms with Crippen molar-refractivity contribution in [3.63, 3.8) is 0 Å². The second-order valence-corrected chi connectivity index (χ2v) is 7.51. The number of hydrogen-bond acceptors (Lipinski definition) is 6. The van der Waals surface area contributed by atoms with Crippen LogP contribution in [0, 0.1) is 0 Å². The van der Waals surface area contributed by atoms with Gasteiger partial charge in [0.2, 0.25) is 10.0 Å².